The highest BCUT2D eigenvalue weighted by atomic mass is 16.6. The molecule has 35 heavy (non-hydrogen) atoms. The van der Waals surface area contributed by atoms with Crippen molar-refractivity contribution >= 4 is 17.9 Å². The number of hydrogen-bond acceptors (Lipinski definition) is 8. The lowest BCUT2D eigenvalue weighted by Gasteiger charge is -2.39. The van der Waals surface area contributed by atoms with E-state index >= 15 is 0 Å². The molecular weight excluding hydrogens is 448 g/mol. The Kier molecular flexibility index (Phi) is 8.91. The van der Waals surface area contributed by atoms with Crippen LogP contribution in [0.2, 0.25) is 0 Å². The highest BCUT2D eigenvalue weighted by molar-refractivity contribution is 5.81. The Morgan fingerprint density at radius 2 is 2.03 bits per heavy atom. The van der Waals surface area contributed by atoms with E-state index in [9.17, 15) is 9.59 Å². The minimum absolute atomic E-state index is 0.0235. The van der Waals surface area contributed by atoms with Gasteiger partial charge in [0.1, 0.15) is 12.4 Å². The zero-order chi connectivity index (χ0) is 24.5. The molecule has 2 aliphatic heterocycles. The number of fused-ring (bicyclic) bond motifs is 1. The van der Waals surface area contributed by atoms with Gasteiger partial charge in [-0.15, -0.1) is 0 Å². The van der Waals surface area contributed by atoms with Gasteiger partial charge in [-0.25, -0.2) is 14.6 Å². The minimum atomic E-state index is -0.916. The maximum absolute atomic E-state index is 12.1. The van der Waals surface area contributed by atoms with Crippen LogP contribution in [0.1, 0.15) is 29.7 Å². The molecule has 2 aliphatic rings. The smallest absolute Gasteiger partial charge is 0.408 e. The Morgan fingerprint density at radius 3 is 2.83 bits per heavy atom. The number of pyridine rings is 1. The first kappa shape index (κ1) is 24.9. The van der Waals surface area contributed by atoms with E-state index in [1.165, 1.54) is 19.1 Å². The molecule has 2 N–H and O–H groups in total. The normalized spacial score (nSPS) is 16.4. The number of rotatable bonds is 11. The number of aryl methyl sites for hydroxylation is 2. The molecule has 0 spiro atoms. The number of hydrogen-bond donors (Lipinski definition) is 2. The summed E-state index contributed by atoms with van der Waals surface area (Å²) in [6.45, 7) is 3.72. The van der Waals surface area contributed by atoms with E-state index in [0.717, 1.165) is 62.5 Å². The maximum atomic E-state index is 12.1. The number of carbonyl (C=O) groups excluding carboxylic acids is 2. The van der Waals surface area contributed by atoms with Gasteiger partial charge in [0, 0.05) is 25.3 Å². The van der Waals surface area contributed by atoms with Crippen molar-refractivity contribution in [2.24, 2.45) is 0 Å². The monoisotopic (exact) mass is 482 g/mol. The number of anilines is 1. The van der Waals surface area contributed by atoms with E-state index in [1.807, 2.05) is 30.3 Å². The molecular formula is C26H34N4O5. The Hall–Kier alpha value is -3.17. The van der Waals surface area contributed by atoms with Crippen molar-refractivity contribution in [1.29, 1.82) is 0 Å². The number of methoxy groups -OCH3 is 1. The van der Waals surface area contributed by atoms with Crippen molar-refractivity contribution in [2.45, 2.75) is 44.4 Å². The summed E-state index contributed by atoms with van der Waals surface area (Å²) in [6.07, 6.45) is 3.58. The summed E-state index contributed by atoms with van der Waals surface area (Å²) in [4.78, 5) is 31.3. The number of ether oxygens (including phenoxy) is 3. The summed E-state index contributed by atoms with van der Waals surface area (Å²) in [6, 6.07) is 12.8. The van der Waals surface area contributed by atoms with Gasteiger partial charge in [-0.05, 0) is 49.4 Å². The van der Waals surface area contributed by atoms with Crippen LogP contribution in [0.4, 0.5) is 10.6 Å². The van der Waals surface area contributed by atoms with E-state index < -0.39 is 18.1 Å². The molecule has 1 atom stereocenters. The third-order valence-corrected chi connectivity index (χ3v) is 6.27. The lowest BCUT2D eigenvalue weighted by Crippen LogP contribution is -2.54. The first-order chi connectivity index (χ1) is 17.1. The average Bonchev–Trinajstić information content (AvgIpc) is 2.87. The molecule has 188 valence electrons. The Morgan fingerprint density at radius 1 is 1.20 bits per heavy atom. The zero-order valence-electron chi connectivity index (χ0n) is 20.2. The van der Waals surface area contributed by atoms with Crippen molar-refractivity contribution in [3.63, 3.8) is 0 Å². The third-order valence-electron chi connectivity index (χ3n) is 6.27. The molecule has 1 amide bonds. The second-order valence-electron chi connectivity index (χ2n) is 8.94. The van der Waals surface area contributed by atoms with Crippen LogP contribution in [-0.4, -0.2) is 74.0 Å². The molecule has 0 bridgehead atoms. The van der Waals surface area contributed by atoms with Crippen molar-refractivity contribution in [2.75, 3.05) is 45.2 Å². The fourth-order valence-electron chi connectivity index (χ4n) is 4.25. The molecule has 0 aliphatic carbocycles. The molecule has 1 fully saturated rings. The summed E-state index contributed by atoms with van der Waals surface area (Å²) in [5.74, 6) is 0.480. The number of nitrogens with one attached hydrogen (secondary N) is 2. The summed E-state index contributed by atoms with van der Waals surface area (Å²) in [5, 5.41) is 5.93. The van der Waals surface area contributed by atoms with Crippen LogP contribution in [-0.2, 0) is 38.5 Å². The molecule has 9 nitrogen and oxygen atoms in total. The molecule has 1 unspecified atom stereocenters. The molecule has 3 heterocycles. The average molecular weight is 483 g/mol. The van der Waals surface area contributed by atoms with Crippen LogP contribution in [0.15, 0.2) is 42.5 Å². The highest BCUT2D eigenvalue weighted by Gasteiger charge is 2.30. The number of aromatic nitrogens is 1. The summed E-state index contributed by atoms with van der Waals surface area (Å²) in [5.41, 5.74) is 3.30. The van der Waals surface area contributed by atoms with E-state index in [1.54, 1.807) is 0 Å². The molecule has 2 aromatic rings. The first-order valence-electron chi connectivity index (χ1n) is 12.2. The van der Waals surface area contributed by atoms with E-state index in [2.05, 4.69) is 27.7 Å². The molecule has 0 radical (unpaired) electrons. The molecule has 1 saturated heterocycles. The standard InChI is InChI=1S/C26H34N4O5/c1-33-25(31)23(29-26(32)35-17-19-7-3-2-4-8-19)18-34-22-15-30(16-22)14-6-10-21-12-11-20-9-5-13-27-24(20)28-21/h2-4,7-8,11-12,22-23H,5-6,9-10,13-18H2,1H3,(H,27,28)(H,29,32). The van der Waals surface area contributed by atoms with Crippen LogP contribution in [0.5, 0.6) is 0 Å². The number of esters is 1. The second kappa shape index (κ2) is 12.5. The number of benzene rings is 1. The quantitative estimate of drug-likeness (QED) is 0.471. The van der Waals surface area contributed by atoms with E-state index in [0.29, 0.717) is 0 Å². The summed E-state index contributed by atoms with van der Waals surface area (Å²) in [7, 11) is 1.28. The highest BCUT2D eigenvalue weighted by Crippen LogP contribution is 2.20. The van der Waals surface area contributed by atoms with Gasteiger partial charge >= 0.3 is 12.1 Å². The van der Waals surface area contributed by atoms with E-state index in [-0.39, 0.29) is 19.3 Å². The minimum Gasteiger partial charge on any atom is -0.467 e. The predicted octanol–water partition coefficient (Wildman–Crippen LogP) is 2.54. The fourth-order valence-corrected chi connectivity index (χ4v) is 4.25. The molecule has 9 heteroatoms. The van der Waals surface area contributed by atoms with Crippen molar-refractivity contribution < 1.29 is 23.8 Å². The first-order valence-corrected chi connectivity index (χ1v) is 12.2. The second-order valence-corrected chi connectivity index (χ2v) is 8.94. The Labute approximate surface area is 206 Å². The van der Waals surface area contributed by atoms with Gasteiger partial charge in [-0.3, -0.25) is 4.90 Å². The number of likely N-dealkylation sites (tertiary alicyclic amines) is 1. The lowest BCUT2D eigenvalue weighted by atomic mass is 10.1. The van der Waals surface area contributed by atoms with Crippen molar-refractivity contribution in [1.82, 2.24) is 15.2 Å². The summed E-state index contributed by atoms with van der Waals surface area (Å²) < 4.78 is 15.8. The van der Waals surface area contributed by atoms with Crippen LogP contribution in [0.3, 0.4) is 0 Å². The maximum Gasteiger partial charge on any atom is 0.408 e. The summed E-state index contributed by atoms with van der Waals surface area (Å²) >= 11 is 0. The Bertz CT molecular complexity index is 981. The van der Waals surface area contributed by atoms with Gasteiger partial charge in [0.25, 0.3) is 0 Å². The van der Waals surface area contributed by atoms with Crippen LogP contribution < -0.4 is 10.6 Å². The number of nitrogens with zero attached hydrogens (tertiary/aromatic N) is 2. The van der Waals surface area contributed by atoms with Crippen molar-refractivity contribution in [3.8, 4) is 0 Å². The lowest BCUT2D eigenvalue weighted by molar-refractivity contribution is -0.146. The van der Waals surface area contributed by atoms with Gasteiger partial charge in [-0.2, -0.15) is 0 Å². The largest absolute Gasteiger partial charge is 0.467 e. The zero-order valence-corrected chi connectivity index (χ0v) is 20.2. The number of alkyl carbamates (subject to hydrolysis) is 1. The predicted molar refractivity (Wildman–Crippen MR) is 131 cm³/mol. The Balaban J connectivity index is 1.12. The third kappa shape index (κ3) is 7.40. The number of amides is 1. The van der Waals surface area contributed by atoms with Gasteiger partial charge in [0.2, 0.25) is 0 Å². The molecule has 4 rings (SSSR count). The van der Waals surface area contributed by atoms with Crippen LogP contribution in [0, 0.1) is 0 Å². The van der Waals surface area contributed by atoms with Gasteiger partial charge < -0.3 is 24.8 Å². The SMILES string of the molecule is COC(=O)C(COC1CN(CCCc2ccc3c(n2)NCCC3)C1)NC(=O)OCc1ccccc1. The molecule has 1 aromatic heterocycles. The molecule has 0 saturated carbocycles. The van der Waals surface area contributed by atoms with Gasteiger partial charge in [-0.1, -0.05) is 36.4 Å². The molecule has 1 aromatic carbocycles. The topological polar surface area (TPSA) is 102 Å². The van der Waals surface area contributed by atoms with Crippen molar-refractivity contribution in [3.05, 3.63) is 59.3 Å². The van der Waals surface area contributed by atoms with E-state index in [4.69, 9.17) is 19.2 Å². The number of carbonyl (C=O) groups is 2. The van der Waals surface area contributed by atoms with Gasteiger partial charge in [0.15, 0.2) is 6.04 Å². The van der Waals surface area contributed by atoms with Crippen LogP contribution in [0.25, 0.3) is 0 Å². The van der Waals surface area contributed by atoms with Crippen LogP contribution >= 0.6 is 0 Å². The van der Waals surface area contributed by atoms with Gasteiger partial charge in [0.05, 0.1) is 19.8 Å². The fraction of sp³-hybridized carbons (Fsp3) is 0.500.